The van der Waals surface area contributed by atoms with Crippen LogP contribution in [0, 0.1) is 5.92 Å². The van der Waals surface area contributed by atoms with Gasteiger partial charge in [0, 0.05) is 37.6 Å². The fraction of sp³-hybridized carbons (Fsp3) is 0.393. The van der Waals surface area contributed by atoms with Crippen LogP contribution in [0.5, 0.6) is 29.0 Å². The number of likely N-dealkylation sites (tertiary alicyclic amines) is 1. The molecule has 0 bridgehead atoms. The minimum absolute atomic E-state index is 0.136. The fourth-order valence-corrected chi connectivity index (χ4v) is 4.75. The van der Waals surface area contributed by atoms with Crippen LogP contribution < -0.4 is 29.0 Å². The second-order valence-corrected chi connectivity index (χ2v) is 9.35. The Morgan fingerprint density at radius 3 is 2.66 bits per heavy atom. The normalized spacial score (nSPS) is 16.6. The molecule has 1 fully saturated rings. The zero-order valence-electron chi connectivity index (χ0n) is 21.6. The van der Waals surface area contributed by atoms with Crippen LogP contribution in [0.2, 0.25) is 0 Å². The van der Waals surface area contributed by atoms with Crippen LogP contribution in [0.1, 0.15) is 18.4 Å². The number of carbonyl (C=O) groups excluding carboxylic acids is 1. The first-order chi connectivity index (χ1) is 18.6. The molecule has 10 heteroatoms. The summed E-state index contributed by atoms with van der Waals surface area (Å²) in [6.07, 6.45) is 5.48. The van der Waals surface area contributed by atoms with Gasteiger partial charge in [-0.3, -0.25) is 9.69 Å². The Kier molecular flexibility index (Phi) is 8.08. The van der Waals surface area contributed by atoms with E-state index in [1.165, 1.54) is 5.56 Å². The van der Waals surface area contributed by atoms with E-state index in [-0.39, 0.29) is 25.3 Å². The van der Waals surface area contributed by atoms with E-state index in [9.17, 15) is 4.79 Å². The van der Waals surface area contributed by atoms with Crippen LogP contribution in [-0.4, -0.2) is 68.0 Å². The van der Waals surface area contributed by atoms with Crippen LogP contribution in [0.3, 0.4) is 0 Å². The molecule has 3 heterocycles. The monoisotopic (exact) mass is 520 g/mol. The Morgan fingerprint density at radius 2 is 1.84 bits per heavy atom. The number of fused-ring (bicyclic) bond motifs is 1. The quantitative estimate of drug-likeness (QED) is 0.431. The Balaban J connectivity index is 1.06. The molecule has 5 rings (SSSR count). The highest BCUT2D eigenvalue weighted by atomic mass is 16.7. The maximum absolute atomic E-state index is 12.4. The third-order valence-corrected chi connectivity index (χ3v) is 6.71. The van der Waals surface area contributed by atoms with Crippen LogP contribution in [0.25, 0.3) is 11.1 Å². The molecule has 3 aromatic rings. The van der Waals surface area contributed by atoms with Crippen LogP contribution in [0.4, 0.5) is 0 Å². The summed E-state index contributed by atoms with van der Waals surface area (Å²) in [6, 6.07) is 11.8. The number of piperidine rings is 1. The average molecular weight is 521 g/mol. The number of hydrogen-bond donors (Lipinski definition) is 1. The van der Waals surface area contributed by atoms with Gasteiger partial charge in [0.15, 0.2) is 29.6 Å². The Morgan fingerprint density at radius 1 is 1.03 bits per heavy atom. The van der Waals surface area contributed by atoms with Gasteiger partial charge in [-0.1, -0.05) is 12.1 Å². The zero-order valence-corrected chi connectivity index (χ0v) is 21.6. The molecule has 2 aliphatic heterocycles. The van der Waals surface area contributed by atoms with Crippen molar-refractivity contribution in [3.8, 4) is 40.1 Å². The fourth-order valence-electron chi connectivity index (χ4n) is 4.75. The molecule has 1 N–H and O–H groups in total. The summed E-state index contributed by atoms with van der Waals surface area (Å²) in [5.41, 5.74) is 2.88. The summed E-state index contributed by atoms with van der Waals surface area (Å²) in [6.45, 7) is 3.57. The summed E-state index contributed by atoms with van der Waals surface area (Å²) < 4.78 is 27.0. The Hall–Kier alpha value is -4.05. The minimum atomic E-state index is -0.189. The molecule has 1 atom stereocenters. The number of benzene rings is 2. The maximum Gasteiger partial charge on any atom is 0.316 e. The van der Waals surface area contributed by atoms with Crippen molar-refractivity contribution in [3.63, 3.8) is 0 Å². The summed E-state index contributed by atoms with van der Waals surface area (Å²) in [4.78, 5) is 23.3. The van der Waals surface area contributed by atoms with Gasteiger partial charge in [-0.15, -0.1) is 0 Å². The van der Waals surface area contributed by atoms with Gasteiger partial charge in [-0.05, 0) is 60.7 Å². The summed E-state index contributed by atoms with van der Waals surface area (Å²) in [5.74, 6) is 3.08. The van der Waals surface area contributed by atoms with E-state index in [1.807, 2.05) is 30.3 Å². The molecule has 200 valence electrons. The number of nitrogens with one attached hydrogen (secondary N) is 1. The van der Waals surface area contributed by atoms with Gasteiger partial charge >= 0.3 is 6.01 Å². The summed E-state index contributed by atoms with van der Waals surface area (Å²) in [7, 11) is 3.18. The predicted molar refractivity (Wildman–Crippen MR) is 140 cm³/mol. The van der Waals surface area contributed by atoms with Crippen molar-refractivity contribution in [1.82, 2.24) is 20.2 Å². The molecule has 0 radical (unpaired) electrons. The zero-order chi connectivity index (χ0) is 26.3. The minimum Gasteiger partial charge on any atom is -0.493 e. The van der Waals surface area contributed by atoms with E-state index < -0.39 is 0 Å². The van der Waals surface area contributed by atoms with Gasteiger partial charge < -0.3 is 29.0 Å². The highest BCUT2D eigenvalue weighted by Gasteiger charge is 2.22. The van der Waals surface area contributed by atoms with Crippen molar-refractivity contribution in [1.29, 1.82) is 0 Å². The van der Waals surface area contributed by atoms with Crippen LogP contribution in [-0.2, 0) is 11.3 Å². The van der Waals surface area contributed by atoms with Gasteiger partial charge in [0.05, 0.1) is 14.2 Å². The molecule has 1 unspecified atom stereocenters. The van der Waals surface area contributed by atoms with Crippen LogP contribution >= 0.6 is 0 Å². The van der Waals surface area contributed by atoms with Crippen LogP contribution in [0.15, 0.2) is 48.8 Å². The van der Waals surface area contributed by atoms with Crippen molar-refractivity contribution in [3.05, 3.63) is 54.4 Å². The average Bonchev–Trinajstić information content (AvgIpc) is 3.43. The van der Waals surface area contributed by atoms with Crippen molar-refractivity contribution >= 4 is 5.91 Å². The van der Waals surface area contributed by atoms with Gasteiger partial charge in [0.2, 0.25) is 6.79 Å². The third kappa shape index (κ3) is 6.25. The molecular weight excluding hydrogens is 488 g/mol. The van der Waals surface area contributed by atoms with E-state index >= 15 is 0 Å². The first-order valence-electron chi connectivity index (χ1n) is 12.7. The Bertz CT molecular complexity index is 1250. The van der Waals surface area contributed by atoms with Gasteiger partial charge in [0.1, 0.15) is 0 Å². The molecule has 38 heavy (non-hydrogen) atoms. The Labute approximate surface area is 221 Å². The lowest BCUT2D eigenvalue weighted by Crippen LogP contribution is -2.41. The summed E-state index contributed by atoms with van der Waals surface area (Å²) in [5, 5.41) is 2.99. The van der Waals surface area contributed by atoms with E-state index in [0.29, 0.717) is 24.0 Å². The highest BCUT2D eigenvalue weighted by Crippen LogP contribution is 2.33. The second kappa shape index (κ2) is 12.0. The van der Waals surface area contributed by atoms with Crippen molar-refractivity contribution in [2.45, 2.75) is 19.4 Å². The van der Waals surface area contributed by atoms with Gasteiger partial charge in [0.25, 0.3) is 5.91 Å². The lowest BCUT2D eigenvalue weighted by Gasteiger charge is -2.32. The number of aromatic nitrogens is 2. The van der Waals surface area contributed by atoms with E-state index in [2.05, 4.69) is 26.3 Å². The van der Waals surface area contributed by atoms with Crippen molar-refractivity contribution in [2.24, 2.45) is 5.92 Å². The number of carbonyl (C=O) groups is 1. The smallest absolute Gasteiger partial charge is 0.316 e. The first kappa shape index (κ1) is 25.6. The third-order valence-electron chi connectivity index (χ3n) is 6.71. The molecule has 10 nitrogen and oxygen atoms in total. The molecule has 1 aromatic heterocycles. The summed E-state index contributed by atoms with van der Waals surface area (Å²) >= 11 is 0. The standard InChI is InChI=1S/C28H32N4O6/c1-34-23-8-6-21(11-25(23)35-2)22-13-30-28(31-14-22)36-17-27(33)29-12-20-4-3-9-32(16-20)15-19-5-7-24-26(10-19)38-18-37-24/h5-8,10-11,13-14,20H,3-4,9,12,15-18H2,1-2H3,(H,29,33). The molecular formula is C28H32N4O6. The van der Waals surface area contributed by atoms with E-state index in [1.54, 1.807) is 26.6 Å². The number of hydrogen-bond acceptors (Lipinski definition) is 9. The lowest BCUT2D eigenvalue weighted by molar-refractivity contribution is -0.123. The van der Waals surface area contributed by atoms with Gasteiger partial charge in [-0.2, -0.15) is 0 Å². The van der Waals surface area contributed by atoms with Crippen molar-refractivity contribution in [2.75, 3.05) is 47.3 Å². The number of rotatable bonds is 10. The number of amides is 1. The maximum atomic E-state index is 12.4. The number of methoxy groups -OCH3 is 2. The molecule has 1 amide bonds. The molecule has 1 saturated heterocycles. The van der Waals surface area contributed by atoms with Crippen molar-refractivity contribution < 1.29 is 28.5 Å². The van der Waals surface area contributed by atoms with E-state index in [4.69, 9.17) is 23.7 Å². The molecule has 0 spiro atoms. The SMILES string of the molecule is COc1ccc(-c2cnc(OCC(=O)NCC3CCCN(Cc4ccc5c(c4)OCO5)C3)nc2)cc1OC. The highest BCUT2D eigenvalue weighted by molar-refractivity contribution is 5.77. The largest absolute Gasteiger partial charge is 0.493 e. The number of nitrogens with zero attached hydrogens (tertiary/aromatic N) is 3. The second-order valence-electron chi connectivity index (χ2n) is 9.35. The van der Waals surface area contributed by atoms with E-state index in [0.717, 1.165) is 55.1 Å². The predicted octanol–water partition coefficient (Wildman–Crippen LogP) is 3.30. The van der Waals surface area contributed by atoms with Gasteiger partial charge in [-0.25, -0.2) is 9.97 Å². The first-order valence-corrected chi connectivity index (χ1v) is 12.7. The molecule has 0 saturated carbocycles. The number of ether oxygens (including phenoxy) is 5. The topological polar surface area (TPSA) is 104 Å². The molecule has 2 aliphatic rings. The molecule has 0 aliphatic carbocycles. The molecule has 2 aromatic carbocycles. The lowest BCUT2D eigenvalue weighted by atomic mass is 9.97.